The van der Waals surface area contributed by atoms with E-state index in [1.807, 2.05) is 0 Å². The molecule has 78 valence electrons. The zero-order valence-corrected chi connectivity index (χ0v) is 7.56. The third kappa shape index (κ3) is 6.39. The number of nitrogens with two attached hydrogens (primary N) is 1. The third-order valence-electron chi connectivity index (χ3n) is 1.47. The lowest BCUT2D eigenvalue weighted by molar-refractivity contribution is -0.151. The number of hydrogen-bond donors (Lipinski definition) is 1. The minimum Gasteiger partial charge on any atom is -0.369 e. The van der Waals surface area contributed by atoms with Crippen LogP contribution in [0.1, 0.15) is 13.8 Å². The molecule has 0 spiro atoms. The second kappa shape index (κ2) is 4.45. The molecule has 0 aliphatic rings. The van der Waals surface area contributed by atoms with Gasteiger partial charge >= 0.3 is 6.18 Å². The normalized spacial score (nSPS) is 12.5. The van der Waals surface area contributed by atoms with Gasteiger partial charge in [-0.3, -0.25) is 9.69 Å². The molecule has 0 heterocycles. The largest absolute Gasteiger partial charge is 0.401 e. The second-order valence-corrected chi connectivity index (χ2v) is 3.08. The SMILES string of the molecule is CC(C)N(CC(N)=O)CC(F)(F)F. The van der Waals surface area contributed by atoms with E-state index in [4.69, 9.17) is 5.73 Å². The Morgan fingerprint density at radius 1 is 1.46 bits per heavy atom. The van der Waals surface area contributed by atoms with Gasteiger partial charge in [0.25, 0.3) is 0 Å². The van der Waals surface area contributed by atoms with Crippen molar-refractivity contribution in [3.8, 4) is 0 Å². The summed E-state index contributed by atoms with van der Waals surface area (Å²) in [6, 6.07) is -0.353. The molecule has 0 aliphatic heterocycles. The lowest BCUT2D eigenvalue weighted by Gasteiger charge is -2.25. The number of primary amides is 1. The quantitative estimate of drug-likeness (QED) is 0.724. The second-order valence-electron chi connectivity index (χ2n) is 3.08. The number of amides is 1. The molecule has 0 saturated heterocycles. The summed E-state index contributed by atoms with van der Waals surface area (Å²) in [7, 11) is 0. The Morgan fingerprint density at radius 3 is 2.15 bits per heavy atom. The van der Waals surface area contributed by atoms with Gasteiger partial charge in [0, 0.05) is 6.04 Å². The summed E-state index contributed by atoms with van der Waals surface area (Å²) in [5.74, 6) is -0.752. The summed E-state index contributed by atoms with van der Waals surface area (Å²) >= 11 is 0. The Morgan fingerprint density at radius 2 is 1.92 bits per heavy atom. The van der Waals surface area contributed by atoms with Gasteiger partial charge in [-0.1, -0.05) is 0 Å². The molecule has 13 heavy (non-hydrogen) atoms. The molecule has 0 rings (SSSR count). The highest BCUT2D eigenvalue weighted by molar-refractivity contribution is 5.75. The summed E-state index contributed by atoms with van der Waals surface area (Å²) in [4.78, 5) is 11.4. The Labute approximate surface area is 74.7 Å². The lowest BCUT2D eigenvalue weighted by atomic mass is 10.3. The fourth-order valence-corrected chi connectivity index (χ4v) is 0.851. The first kappa shape index (κ1) is 12.2. The molecule has 0 aromatic carbocycles. The van der Waals surface area contributed by atoms with E-state index in [2.05, 4.69) is 0 Å². The molecule has 0 bridgehead atoms. The number of hydrogen-bond acceptors (Lipinski definition) is 2. The minimum atomic E-state index is -4.29. The van der Waals surface area contributed by atoms with Gasteiger partial charge in [0.15, 0.2) is 0 Å². The Kier molecular flexibility index (Phi) is 4.19. The van der Waals surface area contributed by atoms with Crippen molar-refractivity contribution in [1.82, 2.24) is 4.90 Å². The van der Waals surface area contributed by atoms with E-state index in [9.17, 15) is 18.0 Å². The van der Waals surface area contributed by atoms with Gasteiger partial charge in [-0.05, 0) is 13.8 Å². The van der Waals surface area contributed by atoms with Crippen molar-refractivity contribution in [1.29, 1.82) is 0 Å². The molecule has 6 heteroatoms. The molecule has 0 saturated carbocycles. The van der Waals surface area contributed by atoms with Gasteiger partial charge in [0.2, 0.25) is 5.91 Å². The molecule has 2 N–H and O–H groups in total. The molecule has 0 unspecified atom stereocenters. The number of carbonyl (C=O) groups excluding carboxylic acids is 1. The summed E-state index contributed by atoms with van der Waals surface area (Å²) in [5, 5.41) is 0. The van der Waals surface area contributed by atoms with Crippen molar-refractivity contribution in [2.24, 2.45) is 5.73 Å². The van der Waals surface area contributed by atoms with Crippen molar-refractivity contribution in [3.63, 3.8) is 0 Å². The molecule has 0 aliphatic carbocycles. The minimum absolute atomic E-state index is 0.353. The van der Waals surface area contributed by atoms with E-state index in [-0.39, 0.29) is 12.6 Å². The highest BCUT2D eigenvalue weighted by Gasteiger charge is 2.32. The van der Waals surface area contributed by atoms with Crippen LogP contribution in [0.4, 0.5) is 13.2 Å². The van der Waals surface area contributed by atoms with Crippen LogP contribution in [0.25, 0.3) is 0 Å². The van der Waals surface area contributed by atoms with Crippen LogP contribution in [0, 0.1) is 0 Å². The van der Waals surface area contributed by atoms with Crippen LogP contribution in [0.3, 0.4) is 0 Å². The number of alkyl halides is 3. The smallest absolute Gasteiger partial charge is 0.369 e. The maximum atomic E-state index is 11.9. The van der Waals surface area contributed by atoms with Crippen LogP contribution in [0.2, 0.25) is 0 Å². The van der Waals surface area contributed by atoms with Crippen molar-refractivity contribution < 1.29 is 18.0 Å². The first-order chi connectivity index (χ1) is 5.72. The van der Waals surface area contributed by atoms with Crippen LogP contribution in [0.5, 0.6) is 0 Å². The van der Waals surface area contributed by atoms with Gasteiger partial charge in [0.1, 0.15) is 0 Å². The highest BCUT2D eigenvalue weighted by atomic mass is 19.4. The number of nitrogens with zero attached hydrogens (tertiary/aromatic N) is 1. The summed E-state index contributed by atoms with van der Waals surface area (Å²) in [6.45, 7) is 1.69. The van der Waals surface area contributed by atoms with Gasteiger partial charge in [-0.25, -0.2) is 0 Å². The lowest BCUT2D eigenvalue weighted by Crippen LogP contribution is -2.43. The predicted molar refractivity (Wildman–Crippen MR) is 42.0 cm³/mol. The average Bonchev–Trinajstić information content (AvgIpc) is 1.81. The number of rotatable bonds is 4. The molecule has 0 atom stereocenters. The zero-order valence-electron chi connectivity index (χ0n) is 7.56. The van der Waals surface area contributed by atoms with Gasteiger partial charge in [0.05, 0.1) is 13.1 Å². The number of halogens is 3. The van der Waals surface area contributed by atoms with Crippen LogP contribution < -0.4 is 5.73 Å². The monoisotopic (exact) mass is 198 g/mol. The van der Waals surface area contributed by atoms with Crippen molar-refractivity contribution in [2.75, 3.05) is 13.1 Å². The molecule has 0 aromatic heterocycles. The summed E-state index contributed by atoms with van der Waals surface area (Å²) in [5.41, 5.74) is 4.80. The van der Waals surface area contributed by atoms with Crippen molar-refractivity contribution in [2.45, 2.75) is 26.1 Å². The molecule has 0 radical (unpaired) electrons. The summed E-state index contributed by atoms with van der Waals surface area (Å²) in [6.07, 6.45) is -4.29. The molecule has 0 fully saturated rings. The van der Waals surface area contributed by atoms with E-state index in [0.717, 1.165) is 4.90 Å². The Hall–Kier alpha value is -0.780. The molecule has 1 amide bonds. The Bertz CT molecular complexity index is 179. The number of carbonyl (C=O) groups is 1. The van der Waals surface area contributed by atoms with E-state index in [0.29, 0.717) is 0 Å². The van der Waals surface area contributed by atoms with E-state index in [1.165, 1.54) is 0 Å². The van der Waals surface area contributed by atoms with Crippen LogP contribution in [-0.4, -0.2) is 36.1 Å². The zero-order chi connectivity index (χ0) is 10.6. The van der Waals surface area contributed by atoms with Gasteiger partial charge in [-0.2, -0.15) is 13.2 Å². The first-order valence-electron chi connectivity index (χ1n) is 3.81. The molecule has 3 nitrogen and oxygen atoms in total. The topological polar surface area (TPSA) is 46.3 Å². The predicted octanol–water partition coefficient (Wildman–Crippen LogP) is 0.744. The highest BCUT2D eigenvalue weighted by Crippen LogP contribution is 2.17. The third-order valence-corrected chi connectivity index (χ3v) is 1.47. The van der Waals surface area contributed by atoms with Crippen LogP contribution in [-0.2, 0) is 4.79 Å². The van der Waals surface area contributed by atoms with E-state index >= 15 is 0 Å². The first-order valence-corrected chi connectivity index (χ1v) is 3.81. The summed E-state index contributed by atoms with van der Waals surface area (Å²) < 4.78 is 35.8. The van der Waals surface area contributed by atoms with Crippen LogP contribution >= 0.6 is 0 Å². The van der Waals surface area contributed by atoms with E-state index in [1.54, 1.807) is 13.8 Å². The maximum Gasteiger partial charge on any atom is 0.401 e. The van der Waals surface area contributed by atoms with Crippen molar-refractivity contribution >= 4 is 5.91 Å². The standard InChI is InChI=1S/C7H13F3N2O/c1-5(2)12(3-6(11)13)4-7(8,9)10/h5H,3-4H2,1-2H3,(H2,11,13). The Balaban J connectivity index is 4.19. The van der Waals surface area contributed by atoms with Gasteiger partial charge in [-0.15, -0.1) is 0 Å². The van der Waals surface area contributed by atoms with Crippen LogP contribution in [0.15, 0.2) is 0 Å². The fourth-order valence-electron chi connectivity index (χ4n) is 0.851. The van der Waals surface area contributed by atoms with E-state index < -0.39 is 18.6 Å². The fraction of sp³-hybridized carbons (Fsp3) is 0.857. The molecular formula is C7H13F3N2O. The molecule has 0 aromatic rings. The molecular weight excluding hydrogens is 185 g/mol. The average molecular weight is 198 g/mol. The van der Waals surface area contributed by atoms with Crippen molar-refractivity contribution in [3.05, 3.63) is 0 Å². The maximum absolute atomic E-state index is 11.9. The van der Waals surface area contributed by atoms with Gasteiger partial charge < -0.3 is 5.73 Å².